The minimum atomic E-state index is 0. The van der Waals surface area contributed by atoms with Gasteiger partial charge in [-0.2, -0.15) is 0 Å². The Morgan fingerprint density at radius 2 is 2.10 bits per heavy atom. The molecule has 0 saturated carbocycles. The molecule has 3 rings (SSSR count). The Morgan fingerprint density at radius 3 is 2.77 bits per heavy atom. The number of nitrogens with one attached hydrogen (secondary N) is 2. The Kier molecular flexibility index (Phi) is 11.2. The number of ether oxygens (including phenoxy) is 2. The fraction of sp³-hybridized carbons (Fsp3) is 0.591. The molecule has 0 aliphatic carbocycles. The van der Waals surface area contributed by atoms with Crippen LogP contribution < -0.4 is 10.6 Å². The number of hydrogen-bond donors (Lipinski definition) is 2. The van der Waals surface area contributed by atoms with Crippen molar-refractivity contribution in [2.24, 2.45) is 12.0 Å². The molecule has 1 aliphatic rings. The molecule has 0 bridgehead atoms. The SMILES string of the molecule is Cc1nnc(CN=C(NCCCOC(C)c2ccccc2)NCC2CCCO2)n1C.I. The van der Waals surface area contributed by atoms with E-state index >= 15 is 0 Å². The minimum Gasteiger partial charge on any atom is -0.376 e. The van der Waals surface area contributed by atoms with Gasteiger partial charge >= 0.3 is 0 Å². The summed E-state index contributed by atoms with van der Waals surface area (Å²) in [5, 5.41) is 15.1. The Labute approximate surface area is 202 Å². The Balaban J connectivity index is 0.00000341. The van der Waals surface area contributed by atoms with Crippen molar-refractivity contribution in [2.45, 2.75) is 51.9 Å². The number of rotatable bonds is 10. The molecule has 8 nitrogen and oxygen atoms in total. The first-order chi connectivity index (χ1) is 14.6. The van der Waals surface area contributed by atoms with Crippen molar-refractivity contribution in [3.8, 4) is 0 Å². The van der Waals surface area contributed by atoms with Gasteiger partial charge in [-0.05, 0) is 38.7 Å². The van der Waals surface area contributed by atoms with Crippen molar-refractivity contribution in [1.29, 1.82) is 0 Å². The zero-order valence-corrected chi connectivity index (χ0v) is 21.0. The lowest BCUT2D eigenvalue weighted by Crippen LogP contribution is -2.41. The van der Waals surface area contributed by atoms with Crippen LogP contribution in [0.5, 0.6) is 0 Å². The third-order valence-corrected chi connectivity index (χ3v) is 5.33. The van der Waals surface area contributed by atoms with E-state index in [-0.39, 0.29) is 36.2 Å². The van der Waals surface area contributed by atoms with Crippen LogP contribution >= 0.6 is 24.0 Å². The largest absolute Gasteiger partial charge is 0.376 e. The molecule has 1 aromatic carbocycles. The lowest BCUT2D eigenvalue weighted by molar-refractivity contribution is 0.0646. The maximum absolute atomic E-state index is 5.96. The third-order valence-electron chi connectivity index (χ3n) is 5.33. The number of nitrogens with zero attached hydrogens (tertiary/aromatic N) is 4. The predicted octanol–water partition coefficient (Wildman–Crippen LogP) is 3.12. The zero-order chi connectivity index (χ0) is 21.2. The van der Waals surface area contributed by atoms with Crippen LogP contribution in [0.1, 0.15) is 49.5 Å². The van der Waals surface area contributed by atoms with Crippen molar-refractivity contribution in [1.82, 2.24) is 25.4 Å². The highest BCUT2D eigenvalue weighted by Crippen LogP contribution is 2.15. The molecule has 172 valence electrons. The molecular weight excluding hydrogens is 507 g/mol. The predicted molar refractivity (Wildman–Crippen MR) is 133 cm³/mol. The topological polar surface area (TPSA) is 85.6 Å². The van der Waals surface area contributed by atoms with Gasteiger partial charge in [0.05, 0.1) is 12.2 Å². The molecule has 1 fully saturated rings. The average molecular weight is 542 g/mol. The molecule has 1 aliphatic heterocycles. The van der Waals surface area contributed by atoms with Crippen molar-refractivity contribution in [3.63, 3.8) is 0 Å². The first kappa shape index (κ1) is 25.5. The van der Waals surface area contributed by atoms with E-state index < -0.39 is 0 Å². The highest BCUT2D eigenvalue weighted by Gasteiger charge is 2.15. The molecule has 2 atom stereocenters. The van der Waals surface area contributed by atoms with E-state index in [1.165, 1.54) is 5.56 Å². The standard InChI is InChI=1S/C22H34N6O2.HI/c1-17(19-9-5-4-6-10-19)29-14-8-12-23-22(24-15-20-11-7-13-30-20)25-16-21-27-26-18(2)28(21)3;/h4-6,9-10,17,20H,7-8,11-16H2,1-3H3,(H2,23,24,25);1H. The second-order valence-electron chi connectivity index (χ2n) is 7.61. The third kappa shape index (κ3) is 8.38. The molecule has 2 unspecified atom stereocenters. The van der Waals surface area contributed by atoms with E-state index in [4.69, 9.17) is 9.47 Å². The lowest BCUT2D eigenvalue weighted by Gasteiger charge is -2.16. The summed E-state index contributed by atoms with van der Waals surface area (Å²) in [6.07, 6.45) is 3.45. The summed E-state index contributed by atoms with van der Waals surface area (Å²) in [5.74, 6) is 2.49. The maximum atomic E-state index is 5.96. The van der Waals surface area contributed by atoms with Crippen molar-refractivity contribution in [2.75, 3.05) is 26.3 Å². The van der Waals surface area contributed by atoms with Gasteiger partial charge in [-0.15, -0.1) is 34.2 Å². The molecule has 0 amide bonds. The summed E-state index contributed by atoms with van der Waals surface area (Å²) in [6, 6.07) is 10.3. The molecule has 2 heterocycles. The van der Waals surface area contributed by atoms with Crippen molar-refractivity contribution in [3.05, 3.63) is 47.5 Å². The second-order valence-corrected chi connectivity index (χ2v) is 7.61. The van der Waals surface area contributed by atoms with Crippen LogP contribution in [0.3, 0.4) is 0 Å². The van der Waals surface area contributed by atoms with Crippen LogP contribution in [0.15, 0.2) is 35.3 Å². The van der Waals surface area contributed by atoms with Gasteiger partial charge in [0.1, 0.15) is 12.4 Å². The Bertz CT molecular complexity index is 793. The highest BCUT2D eigenvalue weighted by atomic mass is 127. The van der Waals surface area contributed by atoms with Crippen LogP contribution in [-0.4, -0.2) is 53.1 Å². The van der Waals surface area contributed by atoms with Gasteiger partial charge in [0.25, 0.3) is 0 Å². The van der Waals surface area contributed by atoms with Crippen LogP contribution in [0, 0.1) is 6.92 Å². The average Bonchev–Trinajstić information content (AvgIpc) is 3.40. The van der Waals surface area contributed by atoms with Crippen LogP contribution in [0.4, 0.5) is 0 Å². The van der Waals surface area contributed by atoms with E-state index in [0.29, 0.717) is 13.2 Å². The summed E-state index contributed by atoms with van der Waals surface area (Å²) in [6.45, 7) is 7.56. The maximum Gasteiger partial charge on any atom is 0.191 e. The fourth-order valence-electron chi connectivity index (χ4n) is 3.29. The molecule has 0 radical (unpaired) electrons. The van der Waals surface area contributed by atoms with Gasteiger partial charge in [-0.25, -0.2) is 4.99 Å². The molecule has 0 spiro atoms. The number of hydrogen-bond acceptors (Lipinski definition) is 5. The Hall–Kier alpha value is -1.72. The lowest BCUT2D eigenvalue weighted by atomic mass is 10.1. The van der Waals surface area contributed by atoms with E-state index in [2.05, 4.69) is 44.9 Å². The van der Waals surface area contributed by atoms with Gasteiger partial charge in [0, 0.05) is 33.4 Å². The second kappa shape index (κ2) is 13.6. The van der Waals surface area contributed by atoms with Gasteiger partial charge in [0.2, 0.25) is 0 Å². The fourth-order valence-corrected chi connectivity index (χ4v) is 3.29. The van der Waals surface area contributed by atoms with E-state index in [0.717, 1.165) is 56.6 Å². The smallest absolute Gasteiger partial charge is 0.191 e. The normalized spacial score (nSPS) is 17.3. The van der Waals surface area contributed by atoms with Gasteiger partial charge in [-0.3, -0.25) is 0 Å². The number of aryl methyl sites for hydroxylation is 1. The van der Waals surface area contributed by atoms with E-state index in [1.807, 2.05) is 36.7 Å². The number of aliphatic imine (C=N–C) groups is 1. The van der Waals surface area contributed by atoms with Crippen LogP contribution in [0.2, 0.25) is 0 Å². The summed E-state index contributed by atoms with van der Waals surface area (Å²) < 4.78 is 13.6. The van der Waals surface area contributed by atoms with Gasteiger partial charge in [0.15, 0.2) is 11.8 Å². The van der Waals surface area contributed by atoms with Gasteiger partial charge in [-0.1, -0.05) is 30.3 Å². The van der Waals surface area contributed by atoms with Crippen LogP contribution in [-0.2, 0) is 23.1 Å². The monoisotopic (exact) mass is 542 g/mol. The quantitative estimate of drug-likeness (QED) is 0.208. The molecule has 2 N–H and O–H groups in total. The van der Waals surface area contributed by atoms with Crippen LogP contribution in [0.25, 0.3) is 0 Å². The molecular formula is C22H35IN6O2. The molecule has 9 heteroatoms. The number of benzene rings is 1. The summed E-state index contributed by atoms with van der Waals surface area (Å²) >= 11 is 0. The summed E-state index contributed by atoms with van der Waals surface area (Å²) in [4.78, 5) is 4.68. The number of aromatic nitrogens is 3. The van der Waals surface area contributed by atoms with Gasteiger partial charge < -0.3 is 24.7 Å². The first-order valence-corrected chi connectivity index (χ1v) is 10.8. The molecule has 2 aromatic rings. The zero-order valence-electron chi connectivity index (χ0n) is 18.7. The van der Waals surface area contributed by atoms with Crippen molar-refractivity contribution >= 4 is 29.9 Å². The van der Waals surface area contributed by atoms with E-state index in [9.17, 15) is 0 Å². The summed E-state index contributed by atoms with van der Waals surface area (Å²) in [5.41, 5.74) is 1.20. The molecule has 1 saturated heterocycles. The van der Waals surface area contributed by atoms with Crippen molar-refractivity contribution < 1.29 is 9.47 Å². The Morgan fingerprint density at radius 1 is 1.29 bits per heavy atom. The van der Waals surface area contributed by atoms with E-state index in [1.54, 1.807) is 0 Å². The number of guanidine groups is 1. The number of halogens is 1. The first-order valence-electron chi connectivity index (χ1n) is 10.8. The minimum absolute atomic E-state index is 0. The highest BCUT2D eigenvalue weighted by molar-refractivity contribution is 14.0. The molecule has 1 aromatic heterocycles. The summed E-state index contributed by atoms with van der Waals surface area (Å²) in [7, 11) is 1.96. The molecule has 31 heavy (non-hydrogen) atoms.